The lowest BCUT2D eigenvalue weighted by atomic mass is 9.92. The van der Waals surface area contributed by atoms with Gasteiger partial charge >= 0.3 is 0 Å². The van der Waals surface area contributed by atoms with Crippen molar-refractivity contribution in [2.45, 2.75) is 51.7 Å². The Hall–Kier alpha value is -1.35. The van der Waals surface area contributed by atoms with E-state index in [0.29, 0.717) is 0 Å². The Balaban J connectivity index is 2.00. The van der Waals surface area contributed by atoms with Crippen LogP contribution >= 0.6 is 0 Å². The van der Waals surface area contributed by atoms with E-state index >= 15 is 0 Å². The molecule has 0 amide bonds. The molecule has 1 unspecified atom stereocenters. The summed E-state index contributed by atoms with van der Waals surface area (Å²) in [5.74, 6) is 0. The minimum Gasteiger partial charge on any atom is -0.393 e. The topological polar surface area (TPSA) is 49.0 Å². The van der Waals surface area contributed by atoms with Gasteiger partial charge in [0.1, 0.15) is 0 Å². The molecule has 1 aromatic heterocycles. The fraction of sp³-hybridized carbons (Fsp3) is 0.533. The molecule has 0 fully saturated rings. The van der Waals surface area contributed by atoms with Crippen molar-refractivity contribution in [1.82, 2.24) is 4.57 Å². The molecule has 18 heavy (non-hydrogen) atoms. The first-order valence-corrected chi connectivity index (χ1v) is 6.69. The second-order valence-corrected chi connectivity index (χ2v) is 5.16. The summed E-state index contributed by atoms with van der Waals surface area (Å²) in [6.45, 7) is 3.04. The second-order valence-electron chi connectivity index (χ2n) is 5.16. The summed E-state index contributed by atoms with van der Waals surface area (Å²) in [7, 11) is 0. The van der Waals surface area contributed by atoms with Gasteiger partial charge in [-0.25, -0.2) is 0 Å². The average molecular weight is 246 g/mol. The van der Waals surface area contributed by atoms with Crippen molar-refractivity contribution in [1.29, 1.82) is 5.41 Å². The predicted molar refractivity (Wildman–Crippen MR) is 74.2 cm³/mol. The van der Waals surface area contributed by atoms with Crippen LogP contribution in [0.4, 0.5) is 0 Å². The van der Waals surface area contributed by atoms with Crippen molar-refractivity contribution in [2.24, 2.45) is 0 Å². The summed E-state index contributed by atoms with van der Waals surface area (Å²) in [6, 6.07) is 0. The maximum atomic E-state index is 9.48. The standard InChI is InChI=1S/C15H22N2O/c1-12-10-17(8-2-7-16)11-14(12)9-13-3-5-15(18)6-4-13/h3,7,10-11,15-16,18H,2,4-6,8-9H2,1H3. The number of aliphatic hydroxyl groups is 1. The Morgan fingerprint density at radius 1 is 1.50 bits per heavy atom. The van der Waals surface area contributed by atoms with Gasteiger partial charge in [-0.2, -0.15) is 0 Å². The van der Waals surface area contributed by atoms with E-state index in [9.17, 15) is 5.11 Å². The van der Waals surface area contributed by atoms with E-state index in [2.05, 4.69) is 30.0 Å². The molecule has 3 heteroatoms. The molecule has 98 valence electrons. The molecule has 1 heterocycles. The van der Waals surface area contributed by atoms with Gasteiger partial charge in [0.2, 0.25) is 0 Å². The number of aryl methyl sites for hydroxylation is 2. The van der Waals surface area contributed by atoms with Crippen LogP contribution in [0.1, 0.15) is 36.8 Å². The molecule has 1 aliphatic carbocycles. The van der Waals surface area contributed by atoms with E-state index in [4.69, 9.17) is 5.41 Å². The average Bonchev–Trinajstić information content (AvgIpc) is 2.70. The van der Waals surface area contributed by atoms with Crippen molar-refractivity contribution >= 4 is 6.21 Å². The van der Waals surface area contributed by atoms with Crippen LogP contribution in [0.3, 0.4) is 0 Å². The lowest BCUT2D eigenvalue weighted by Gasteiger charge is -2.17. The summed E-state index contributed by atoms with van der Waals surface area (Å²) >= 11 is 0. The van der Waals surface area contributed by atoms with Gasteiger partial charge in [0, 0.05) is 18.9 Å². The van der Waals surface area contributed by atoms with Crippen LogP contribution in [0.2, 0.25) is 0 Å². The van der Waals surface area contributed by atoms with Crippen molar-refractivity contribution in [3.05, 3.63) is 35.2 Å². The number of nitrogens with zero attached hydrogens (tertiary/aromatic N) is 1. The van der Waals surface area contributed by atoms with Crippen LogP contribution in [0, 0.1) is 12.3 Å². The molecule has 0 aromatic carbocycles. The highest BCUT2D eigenvalue weighted by Gasteiger charge is 2.13. The molecule has 3 nitrogen and oxygen atoms in total. The molecular formula is C15H22N2O. The smallest absolute Gasteiger partial charge is 0.0577 e. The minimum atomic E-state index is -0.132. The number of nitrogens with one attached hydrogen (secondary N) is 1. The first-order valence-electron chi connectivity index (χ1n) is 6.69. The fourth-order valence-corrected chi connectivity index (χ4v) is 2.48. The molecule has 2 N–H and O–H groups in total. The Bertz CT molecular complexity index is 445. The minimum absolute atomic E-state index is 0.132. The Morgan fingerprint density at radius 2 is 2.33 bits per heavy atom. The molecule has 0 bridgehead atoms. The molecular weight excluding hydrogens is 224 g/mol. The van der Waals surface area contributed by atoms with Crippen LogP contribution in [0.15, 0.2) is 24.0 Å². The van der Waals surface area contributed by atoms with Gasteiger partial charge in [-0.05, 0) is 56.4 Å². The van der Waals surface area contributed by atoms with Gasteiger partial charge in [-0.15, -0.1) is 0 Å². The zero-order valence-corrected chi connectivity index (χ0v) is 11.0. The number of aliphatic hydroxyl groups excluding tert-OH is 1. The molecule has 0 radical (unpaired) electrons. The van der Waals surface area contributed by atoms with E-state index in [1.54, 1.807) is 0 Å². The van der Waals surface area contributed by atoms with E-state index in [1.807, 2.05) is 0 Å². The van der Waals surface area contributed by atoms with E-state index in [-0.39, 0.29) is 6.10 Å². The van der Waals surface area contributed by atoms with Gasteiger partial charge in [0.15, 0.2) is 0 Å². The van der Waals surface area contributed by atoms with Crippen LogP contribution in [-0.2, 0) is 13.0 Å². The molecule has 1 aliphatic rings. The molecule has 2 rings (SSSR count). The van der Waals surface area contributed by atoms with Crippen molar-refractivity contribution in [2.75, 3.05) is 0 Å². The molecule has 1 atom stereocenters. The fourth-order valence-electron chi connectivity index (χ4n) is 2.48. The highest BCUT2D eigenvalue weighted by atomic mass is 16.3. The van der Waals surface area contributed by atoms with Crippen LogP contribution in [0.5, 0.6) is 0 Å². The van der Waals surface area contributed by atoms with Gasteiger partial charge in [0.25, 0.3) is 0 Å². The van der Waals surface area contributed by atoms with Crippen molar-refractivity contribution in [3.63, 3.8) is 0 Å². The highest BCUT2D eigenvalue weighted by Crippen LogP contribution is 2.23. The summed E-state index contributed by atoms with van der Waals surface area (Å²) in [6.07, 6.45) is 12.4. The van der Waals surface area contributed by atoms with Crippen molar-refractivity contribution < 1.29 is 5.11 Å². The predicted octanol–water partition coefficient (Wildman–Crippen LogP) is 2.85. The van der Waals surface area contributed by atoms with Gasteiger partial charge < -0.3 is 15.1 Å². The van der Waals surface area contributed by atoms with E-state index in [1.165, 1.54) is 22.9 Å². The third kappa shape index (κ3) is 3.33. The summed E-state index contributed by atoms with van der Waals surface area (Å²) in [5.41, 5.74) is 4.16. The van der Waals surface area contributed by atoms with Crippen LogP contribution in [0.25, 0.3) is 0 Å². The van der Waals surface area contributed by atoms with E-state index in [0.717, 1.165) is 38.6 Å². The Kier molecular flexibility index (Phi) is 4.37. The molecule has 0 spiro atoms. The number of allylic oxidation sites excluding steroid dienone is 1. The number of aromatic nitrogens is 1. The van der Waals surface area contributed by atoms with Gasteiger partial charge in [-0.3, -0.25) is 0 Å². The second kappa shape index (κ2) is 6.01. The molecule has 0 saturated carbocycles. The lowest BCUT2D eigenvalue weighted by molar-refractivity contribution is 0.162. The first-order chi connectivity index (χ1) is 8.69. The summed E-state index contributed by atoms with van der Waals surface area (Å²) in [4.78, 5) is 0. The van der Waals surface area contributed by atoms with Crippen LogP contribution in [-0.4, -0.2) is 22.0 Å². The first kappa shape index (κ1) is 13.1. The third-order valence-corrected chi connectivity index (χ3v) is 3.61. The van der Waals surface area contributed by atoms with Gasteiger partial charge in [-0.1, -0.05) is 11.6 Å². The Labute approximate surface area is 109 Å². The normalized spacial score (nSPS) is 19.7. The number of hydrogen-bond donors (Lipinski definition) is 2. The summed E-state index contributed by atoms with van der Waals surface area (Å²) in [5, 5.41) is 16.5. The van der Waals surface area contributed by atoms with Gasteiger partial charge in [0.05, 0.1) is 6.10 Å². The molecule has 0 saturated heterocycles. The zero-order valence-electron chi connectivity index (χ0n) is 11.0. The Morgan fingerprint density at radius 3 is 3.00 bits per heavy atom. The molecule has 1 aromatic rings. The summed E-state index contributed by atoms with van der Waals surface area (Å²) < 4.78 is 2.17. The quantitative estimate of drug-likeness (QED) is 0.609. The van der Waals surface area contributed by atoms with Crippen LogP contribution < -0.4 is 0 Å². The highest BCUT2D eigenvalue weighted by molar-refractivity contribution is 5.52. The third-order valence-electron chi connectivity index (χ3n) is 3.61. The maximum absolute atomic E-state index is 9.48. The number of hydrogen-bond acceptors (Lipinski definition) is 2. The largest absolute Gasteiger partial charge is 0.393 e. The van der Waals surface area contributed by atoms with Crippen molar-refractivity contribution in [3.8, 4) is 0 Å². The van der Waals surface area contributed by atoms with E-state index < -0.39 is 0 Å². The molecule has 0 aliphatic heterocycles. The maximum Gasteiger partial charge on any atom is 0.0577 e. The monoisotopic (exact) mass is 246 g/mol. The lowest BCUT2D eigenvalue weighted by Crippen LogP contribution is -2.11. The zero-order chi connectivity index (χ0) is 13.0. The number of rotatable bonds is 5. The SMILES string of the molecule is Cc1cn(CCC=N)cc1CC1=CCC(O)CC1.